The van der Waals surface area contributed by atoms with Crippen molar-refractivity contribution in [1.29, 1.82) is 0 Å². The number of amides is 1. The highest BCUT2D eigenvalue weighted by molar-refractivity contribution is 6.30. The standard InChI is InChI=1S/C25H24ClF2N9O/c1-14-15(2-5-22(31-14)35-9-17-6-18(17)10-35)11-36-12-20(23(32-36)24(27)28)25(38)29-8-16-7-19(26)3-4-21(16)37-13-30-33-34-37/h2-5,7,12-13,17-18,24H,6,8-11H2,1H3,(H,29,38). The number of nitrogens with zero attached hydrogens (tertiary/aromatic N) is 8. The maximum absolute atomic E-state index is 13.8. The van der Waals surface area contributed by atoms with Gasteiger partial charge in [0.1, 0.15) is 17.8 Å². The molecule has 2 aliphatic rings. The number of anilines is 1. The molecule has 2 unspecified atom stereocenters. The first-order valence-electron chi connectivity index (χ1n) is 12.2. The number of piperidine rings is 1. The molecule has 1 aliphatic carbocycles. The Morgan fingerprint density at radius 1 is 1.18 bits per heavy atom. The Labute approximate surface area is 221 Å². The van der Waals surface area contributed by atoms with Crippen LogP contribution in [0.15, 0.2) is 42.9 Å². The maximum atomic E-state index is 13.8. The number of hydrogen-bond donors (Lipinski definition) is 1. The fraction of sp³-hybridized carbons (Fsp3) is 0.360. The molecule has 38 heavy (non-hydrogen) atoms. The molecular weight excluding hydrogens is 516 g/mol. The van der Waals surface area contributed by atoms with Crippen LogP contribution < -0.4 is 10.2 Å². The van der Waals surface area contributed by atoms with Crippen molar-refractivity contribution in [2.24, 2.45) is 11.8 Å². The second-order valence-electron chi connectivity index (χ2n) is 9.71. The molecule has 0 bridgehead atoms. The molecule has 3 aromatic heterocycles. The van der Waals surface area contributed by atoms with E-state index in [9.17, 15) is 13.6 Å². The van der Waals surface area contributed by atoms with Gasteiger partial charge in [0.2, 0.25) is 0 Å². The quantitative estimate of drug-likeness (QED) is 0.365. The smallest absolute Gasteiger partial charge is 0.282 e. The van der Waals surface area contributed by atoms with Crippen LogP contribution in [0.25, 0.3) is 5.69 Å². The molecule has 1 saturated carbocycles. The number of halogens is 3. The number of benzene rings is 1. The van der Waals surface area contributed by atoms with Gasteiger partial charge in [-0.1, -0.05) is 17.7 Å². The third-order valence-corrected chi connectivity index (χ3v) is 7.37. The lowest BCUT2D eigenvalue weighted by Crippen LogP contribution is -2.24. The summed E-state index contributed by atoms with van der Waals surface area (Å²) in [6.45, 7) is 4.21. The van der Waals surface area contributed by atoms with Crippen molar-refractivity contribution in [3.63, 3.8) is 0 Å². The molecule has 0 radical (unpaired) electrons. The predicted molar refractivity (Wildman–Crippen MR) is 134 cm³/mol. The van der Waals surface area contributed by atoms with E-state index >= 15 is 0 Å². The van der Waals surface area contributed by atoms with Crippen LogP contribution in [-0.2, 0) is 13.1 Å². The zero-order chi connectivity index (χ0) is 26.4. The summed E-state index contributed by atoms with van der Waals surface area (Å²) in [5.41, 5.74) is 2.10. The summed E-state index contributed by atoms with van der Waals surface area (Å²) in [7, 11) is 0. The Morgan fingerprint density at radius 2 is 2.00 bits per heavy atom. The first-order chi connectivity index (χ1) is 18.4. The van der Waals surface area contributed by atoms with E-state index in [1.807, 2.05) is 19.1 Å². The lowest BCUT2D eigenvalue weighted by molar-refractivity contribution is 0.0936. The summed E-state index contributed by atoms with van der Waals surface area (Å²) < 4.78 is 30.4. The van der Waals surface area contributed by atoms with E-state index in [2.05, 4.69) is 30.8 Å². The van der Waals surface area contributed by atoms with Gasteiger partial charge in [0.25, 0.3) is 12.3 Å². The Morgan fingerprint density at radius 3 is 2.71 bits per heavy atom. The molecule has 13 heteroatoms. The van der Waals surface area contributed by atoms with Crippen molar-refractivity contribution >= 4 is 23.3 Å². The average molecular weight is 540 g/mol. The molecule has 4 aromatic rings. The van der Waals surface area contributed by atoms with Crippen molar-refractivity contribution in [1.82, 2.24) is 40.3 Å². The number of carbonyl (C=O) groups is 1. The zero-order valence-corrected chi connectivity index (χ0v) is 21.2. The Hall–Kier alpha value is -3.93. The highest BCUT2D eigenvalue weighted by Gasteiger charge is 2.45. The first kappa shape index (κ1) is 24.4. The monoisotopic (exact) mass is 539 g/mol. The minimum Gasteiger partial charge on any atom is -0.356 e. The van der Waals surface area contributed by atoms with Crippen LogP contribution in [0.2, 0.25) is 5.02 Å². The normalized spacial score (nSPS) is 18.2. The summed E-state index contributed by atoms with van der Waals surface area (Å²) in [5.74, 6) is 1.85. The van der Waals surface area contributed by atoms with Gasteiger partial charge >= 0.3 is 0 Å². The van der Waals surface area contributed by atoms with Gasteiger partial charge in [0.15, 0.2) is 0 Å². The lowest BCUT2D eigenvalue weighted by atomic mass is 10.1. The SMILES string of the molecule is Cc1nc(N2CC3CC3C2)ccc1Cn1cc(C(=O)NCc2cc(Cl)ccc2-n2cnnn2)c(C(F)F)n1. The molecule has 2 fully saturated rings. The largest absolute Gasteiger partial charge is 0.356 e. The van der Waals surface area contributed by atoms with Crippen LogP contribution in [0.5, 0.6) is 0 Å². The first-order valence-corrected chi connectivity index (χ1v) is 12.6. The fourth-order valence-corrected chi connectivity index (χ4v) is 5.19. The lowest BCUT2D eigenvalue weighted by Gasteiger charge is -2.20. The van der Waals surface area contributed by atoms with Crippen LogP contribution in [-0.4, -0.2) is 54.0 Å². The third-order valence-electron chi connectivity index (χ3n) is 7.13. The number of aryl methyl sites for hydroxylation is 1. The molecular formula is C25H24ClF2N9O. The van der Waals surface area contributed by atoms with Crippen LogP contribution in [0.3, 0.4) is 0 Å². The van der Waals surface area contributed by atoms with Crippen LogP contribution in [0.1, 0.15) is 45.7 Å². The number of carbonyl (C=O) groups excluding carboxylic acids is 1. The van der Waals surface area contributed by atoms with E-state index in [1.165, 1.54) is 28.3 Å². The molecule has 0 spiro atoms. The summed E-state index contributed by atoms with van der Waals surface area (Å²) in [6, 6.07) is 8.94. The van der Waals surface area contributed by atoms with E-state index in [1.54, 1.807) is 18.2 Å². The topological polar surface area (TPSA) is 107 Å². The second-order valence-corrected chi connectivity index (χ2v) is 10.1. The summed E-state index contributed by atoms with van der Waals surface area (Å²) in [4.78, 5) is 20.0. The van der Waals surface area contributed by atoms with Gasteiger partial charge in [0.05, 0.1) is 17.8 Å². The summed E-state index contributed by atoms with van der Waals surface area (Å²) in [5, 5.41) is 18.3. The van der Waals surface area contributed by atoms with Gasteiger partial charge in [-0.25, -0.2) is 18.4 Å². The summed E-state index contributed by atoms with van der Waals surface area (Å²) >= 11 is 6.13. The zero-order valence-electron chi connectivity index (χ0n) is 20.4. The van der Waals surface area contributed by atoms with E-state index in [-0.39, 0.29) is 18.7 Å². The van der Waals surface area contributed by atoms with Crippen molar-refractivity contribution in [2.75, 3.05) is 18.0 Å². The van der Waals surface area contributed by atoms with Crippen LogP contribution in [0.4, 0.5) is 14.6 Å². The molecule has 4 heterocycles. The number of pyridine rings is 1. The van der Waals surface area contributed by atoms with Gasteiger partial charge in [0, 0.05) is 36.5 Å². The third kappa shape index (κ3) is 4.83. The number of fused-ring (bicyclic) bond motifs is 1. The summed E-state index contributed by atoms with van der Waals surface area (Å²) in [6.07, 6.45) is 1.15. The van der Waals surface area contributed by atoms with Crippen LogP contribution >= 0.6 is 11.6 Å². The highest BCUT2D eigenvalue weighted by atomic mass is 35.5. The number of alkyl halides is 2. The van der Waals surface area contributed by atoms with Gasteiger partial charge in [-0.2, -0.15) is 5.10 Å². The van der Waals surface area contributed by atoms with Gasteiger partial charge < -0.3 is 10.2 Å². The Bertz CT molecular complexity index is 1480. The molecule has 1 aromatic carbocycles. The predicted octanol–water partition coefficient (Wildman–Crippen LogP) is 3.59. The minimum absolute atomic E-state index is 0.0190. The van der Waals surface area contributed by atoms with Gasteiger partial charge in [-0.3, -0.25) is 9.48 Å². The average Bonchev–Trinajstić information content (AvgIpc) is 3.33. The maximum Gasteiger partial charge on any atom is 0.282 e. The van der Waals surface area contributed by atoms with E-state index in [0.717, 1.165) is 42.0 Å². The minimum atomic E-state index is -2.91. The number of aromatic nitrogens is 7. The van der Waals surface area contributed by atoms with Crippen molar-refractivity contribution in [2.45, 2.75) is 32.9 Å². The van der Waals surface area contributed by atoms with Crippen molar-refractivity contribution < 1.29 is 13.6 Å². The second kappa shape index (κ2) is 9.75. The molecule has 1 saturated heterocycles. The van der Waals surface area contributed by atoms with E-state index in [4.69, 9.17) is 16.6 Å². The number of nitrogens with one attached hydrogen (secondary N) is 1. The van der Waals surface area contributed by atoms with Crippen molar-refractivity contribution in [3.8, 4) is 5.69 Å². The molecule has 6 rings (SSSR count). The molecule has 2 atom stereocenters. The number of hydrogen-bond acceptors (Lipinski definition) is 7. The number of rotatable bonds is 8. The molecule has 10 nitrogen and oxygen atoms in total. The van der Waals surface area contributed by atoms with Crippen LogP contribution in [0, 0.1) is 18.8 Å². The van der Waals surface area contributed by atoms with Gasteiger partial charge in [-0.15, -0.1) is 5.10 Å². The van der Waals surface area contributed by atoms with Gasteiger partial charge in [-0.05, 0) is 71.0 Å². The van der Waals surface area contributed by atoms with Crippen molar-refractivity contribution in [3.05, 3.63) is 76.0 Å². The Kier molecular flexibility index (Phi) is 6.26. The molecule has 1 aliphatic heterocycles. The fourth-order valence-electron chi connectivity index (χ4n) is 4.99. The highest BCUT2D eigenvalue weighted by Crippen LogP contribution is 2.46. The van der Waals surface area contributed by atoms with E-state index in [0.29, 0.717) is 16.3 Å². The molecule has 1 amide bonds. The number of tetrazole rings is 1. The molecule has 196 valence electrons. The Balaban J connectivity index is 1.18. The van der Waals surface area contributed by atoms with E-state index < -0.39 is 18.0 Å². The molecule has 1 N–H and O–H groups in total.